The number of allylic oxidation sites excluding steroid dienone is 4. The number of aldehydes is 1. The molecule has 0 aromatic heterocycles. The molecule has 80 heavy (non-hydrogen) atoms. The van der Waals surface area contributed by atoms with Crippen LogP contribution in [0.5, 0.6) is 0 Å². The molecule has 0 saturated carbocycles. The van der Waals surface area contributed by atoms with Gasteiger partial charge < -0.3 is 59.9 Å². The van der Waals surface area contributed by atoms with Crippen molar-refractivity contribution in [2.24, 2.45) is 11.8 Å². The number of fused-ring (bicyclic) bond motifs is 6. The predicted molar refractivity (Wildman–Crippen MR) is 301 cm³/mol. The summed E-state index contributed by atoms with van der Waals surface area (Å²) in [5, 5.41) is 21.5. The zero-order chi connectivity index (χ0) is 57.1. The number of carbonyl (C=O) groups is 7. The van der Waals surface area contributed by atoms with Gasteiger partial charge >= 0.3 is 12.2 Å². The van der Waals surface area contributed by atoms with E-state index in [1.165, 1.54) is 0 Å². The van der Waals surface area contributed by atoms with Gasteiger partial charge in [0.2, 0.25) is 23.6 Å². The number of hydrogen-bond acceptors (Lipinski definition) is 12. The summed E-state index contributed by atoms with van der Waals surface area (Å²) in [6.45, 7) is 8.57. The Labute approximate surface area is 472 Å². The Morgan fingerprint density at radius 1 is 0.600 bits per heavy atom. The summed E-state index contributed by atoms with van der Waals surface area (Å²) in [5.41, 5.74) is 0.902. The van der Waals surface area contributed by atoms with E-state index in [1.54, 1.807) is 9.80 Å². The molecule has 4 fully saturated rings. The smallest absolute Gasteiger partial charge is 0.408 e. The van der Waals surface area contributed by atoms with Gasteiger partial charge in [-0.1, -0.05) is 111 Å². The topological polar surface area (TPSA) is 231 Å². The number of carbonyl (C=O) groups excluding carboxylic acids is 7. The van der Waals surface area contributed by atoms with Crippen molar-refractivity contribution >= 4 is 42.1 Å². The molecule has 0 aliphatic carbocycles. The lowest BCUT2D eigenvalue weighted by molar-refractivity contribution is -0.142. The molecular formula is C62H88N6O12. The Morgan fingerprint density at radius 3 is 1.41 bits per heavy atom. The van der Waals surface area contributed by atoms with Gasteiger partial charge in [-0.2, -0.15) is 0 Å². The predicted octanol–water partition coefficient (Wildman–Crippen LogP) is 7.89. The van der Waals surface area contributed by atoms with Crippen LogP contribution < -0.4 is 21.3 Å². The van der Waals surface area contributed by atoms with Crippen LogP contribution in [0.1, 0.15) is 154 Å². The maximum atomic E-state index is 14.0. The molecule has 6 aliphatic heterocycles. The second kappa shape index (κ2) is 30.1. The summed E-state index contributed by atoms with van der Waals surface area (Å²) in [5.74, 6) is -1.58. The normalized spacial score (nSPS) is 29.6. The van der Waals surface area contributed by atoms with Gasteiger partial charge in [0.05, 0.1) is 42.1 Å². The second-order valence-electron chi connectivity index (χ2n) is 23.7. The third-order valence-electron chi connectivity index (χ3n) is 16.2. The summed E-state index contributed by atoms with van der Waals surface area (Å²) in [6.07, 6.45) is 21.4. The Hall–Kier alpha value is -6.11. The number of aliphatic hydroxyl groups is 1. The van der Waals surface area contributed by atoms with Crippen LogP contribution in [0.2, 0.25) is 0 Å². The fraction of sp³-hybridized carbons (Fsp3) is 0.629. The van der Waals surface area contributed by atoms with Crippen LogP contribution in [0.4, 0.5) is 9.59 Å². The third-order valence-corrected chi connectivity index (χ3v) is 16.2. The van der Waals surface area contributed by atoms with Crippen molar-refractivity contribution in [1.82, 2.24) is 31.1 Å². The number of nitrogens with zero attached hydrogens (tertiary/aromatic N) is 2. The lowest BCUT2D eigenvalue weighted by atomic mass is 9.89. The zero-order valence-corrected chi connectivity index (χ0v) is 47.5. The highest BCUT2D eigenvalue weighted by Gasteiger charge is 2.57. The first kappa shape index (κ1) is 61.5. The molecule has 4 saturated heterocycles. The van der Waals surface area contributed by atoms with Crippen molar-refractivity contribution in [3.05, 3.63) is 96.1 Å². The number of aliphatic hydroxyl groups excluding tert-OH is 1. The van der Waals surface area contributed by atoms with Crippen LogP contribution in [-0.4, -0.2) is 136 Å². The van der Waals surface area contributed by atoms with Gasteiger partial charge in [0.25, 0.3) is 0 Å². The Kier molecular flexibility index (Phi) is 23.1. The highest BCUT2D eigenvalue weighted by atomic mass is 16.6. The van der Waals surface area contributed by atoms with Gasteiger partial charge in [0.15, 0.2) is 0 Å². The number of nitrogens with one attached hydrogen (secondary N) is 4. The molecule has 2 aromatic rings. The maximum Gasteiger partial charge on any atom is 0.408 e. The van der Waals surface area contributed by atoms with Crippen molar-refractivity contribution in [1.29, 1.82) is 0 Å². The maximum absolute atomic E-state index is 14.0. The van der Waals surface area contributed by atoms with E-state index in [4.69, 9.17) is 18.9 Å². The number of rotatable bonds is 8. The van der Waals surface area contributed by atoms with Crippen LogP contribution in [0, 0.1) is 11.8 Å². The molecule has 6 amide bonds. The minimum absolute atomic E-state index is 0.0906. The van der Waals surface area contributed by atoms with Crippen LogP contribution >= 0.6 is 0 Å². The van der Waals surface area contributed by atoms with Gasteiger partial charge in [-0.05, 0) is 129 Å². The zero-order valence-electron chi connectivity index (χ0n) is 47.5. The molecule has 0 bridgehead atoms. The highest BCUT2D eigenvalue weighted by molar-refractivity contribution is 5.94. The van der Waals surface area contributed by atoms with Gasteiger partial charge in [-0.3, -0.25) is 19.2 Å². The fourth-order valence-corrected chi connectivity index (χ4v) is 12.3. The van der Waals surface area contributed by atoms with E-state index in [-0.39, 0.29) is 92.2 Å². The van der Waals surface area contributed by atoms with Gasteiger partial charge in [-0.15, -0.1) is 0 Å². The van der Waals surface area contributed by atoms with Crippen LogP contribution in [0.15, 0.2) is 85.0 Å². The average Bonchev–Trinajstić information content (AvgIpc) is 4.26. The minimum atomic E-state index is -0.841. The number of alkyl carbamates (subject to hydrolysis) is 2. The van der Waals surface area contributed by atoms with E-state index in [0.29, 0.717) is 38.5 Å². The molecule has 0 radical (unpaired) electrons. The summed E-state index contributed by atoms with van der Waals surface area (Å²) in [4.78, 5) is 96.0. The van der Waals surface area contributed by atoms with Crippen molar-refractivity contribution in [3.8, 4) is 0 Å². The second-order valence-corrected chi connectivity index (χ2v) is 23.7. The standard InChI is InChI=1S/C31H45N3O6.C31H43N3O6/c2*1-31(2)18-24-26(40-31)19-34-27(24)28(36)32-23(20-35)16-12-7-5-3-4-6-8-13-17-25(29(34)37)33-30(38)39-21-22-14-10-9-11-15-22/h3-4,9-11,14-15,23-27,35H,5-8,12-13,16-21H2,1-2H3,(H,32,36)(H,33,38);3-4,9-11,14-15,20,23-27H,5-8,12-13,16-19,21H2,1-2H3,(H,32,36)(H,33,38)/t2*23-,24-,25-,26-,27-/m00/s1. The number of amides is 6. The van der Waals surface area contributed by atoms with Crippen molar-refractivity contribution in [2.75, 3.05) is 19.7 Å². The number of benzene rings is 2. The highest BCUT2D eigenvalue weighted by Crippen LogP contribution is 2.44. The Bertz CT molecular complexity index is 2420. The third kappa shape index (κ3) is 17.9. The molecule has 6 heterocycles. The summed E-state index contributed by atoms with van der Waals surface area (Å²) < 4.78 is 23.3. The van der Waals surface area contributed by atoms with Crippen LogP contribution in [0.3, 0.4) is 0 Å². The molecule has 438 valence electrons. The molecule has 18 heteroatoms. The van der Waals surface area contributed by atoms with Crippen LogP contribution in [-0.2, 0) is 56.1 Å². The van der Waals surface area contributed by atoms with E-state index in [0.717, 1.165) is 94.5 Å². The van der Waals surface area contributed by atoms with Crippen LogP contribution in [0.25, 0.3) is 0 Å². The van der Waals surface area contributed by atoms with Crippen molar-refractivity contribution < 1.29 is 57.6 Å². The summed E-state index contributed by atoms with van der Waals surface area (Å²) in [6, 6.07) is 14.6. The monoisotopic (exact) mass is 1110 g/mol. The van der Waals surface area contributed by atoms with E-state index in [1.807, 2.05) is 88.4 Å². The van der Waals surface area contributed by atoms with E-state index >= 15 is 0 Å². The molecule has 0 unspecified atom stereocenters. The molecule has 5 N–H and O–H groups in total. The fourth-order valence-electron chi connectivity index (χ4n) is 12.3. The van der Waals surface area contributed by atoms with E-state index < -0.39 is 48.0 Å². The lowest BCUT2D eigenvalue weighted by Gasteiger charge is -2.32. The quantitative estimate of drug-likeness (QED) is 0.126. The summed E-state index contributed by atoms with van der Waals surface area (Å²) in [7, 11) is 0. The minimum Gasteiger partial charge on any atom is -0.445 e. The van der Waals surface area contributed by atoms with Gasteiger partial charge in [0, 0.05) is 24.9 Å². The van der Waals surface area contributed by atoms with Crippen molar-refractivity contribution in [2.45, 2.75) is 216 Å². The van der Waals surface area contributed by atoms with Gasteiger partial charge in [-0.25, -0.2) is 9.59 Å². The molecule has 10 atom stereocenters. The molecule has 8 rings (SSSR count). The molecule has 0 spiro atoms. The van der Waals surface area contributed by atoms with Crippen molar-refractivity contribution in [3.63, 3.8) is 0 Å². The van der Waals surface area contributed by atoms with E-state index in [2.05, 4.69) is 45.6 Å². The van der Waals surface area contributed by atoms with Gasteiger partial charge in [0.1, 0.15) is 43.7 Å². The first-order valence-electron chi connectivity index (χ1n) is 29.4. The lowest BCUT2D eigenvalue weighted by Crippen LogP contribution is -2.56. The first-order chi connectivity index (χ1) is 38.5. The summed E-state index contributed by atoms with van der Waals surface area (Å²) >= 11 is 0. The largest absolute Gasteiger partial charge is 0.445 e. The first-order valence-corrected chi connectivity index (χ1v) is 29.4. The Balaban J connectivity index is 0.000000231. The average molecular weight is 1110 g/mol. The number of hydrogen-bond donors (Lipinski definition) is 5. The SMILES string of the molecule is CC1(C)C[C@H]2[C@H](CN3C(=O)[C@@H](NC(=O)OCc4ccccc4)CCCCC=CCCCC[C@@H](C=O)NC(=O)[C@H]23)O1.CC1(C)C[C@H]2[C@H](CN3C(=O)[C@@H](NC(=O)OCc4ccccc4)CCCCC=CCCCC[C@@H](CO)NC(=O)[C@H]23)O1. The molecule has 18 nitrogen and oxygen atoms in total. The molecule has 6 aliphatic rings. The Morgan fingerprint density at radius 2 is 1.00 bits per heavy atom. The van der Waals surface area contributed by atoms with E-state index in [9.17, 15) is 38.7 Å². The molecular weight excluding hydrogens is 1020 g/mol. The number of ether oxygens (including phenoxy) is 4. The molecule has 2 aromatic carbocycles.